The molecule has 3 heterocycles. The zero-order valence-corrected chi connectivity index (χ0v) is 18.7. The molecule has 1 saturated heterocycles. The highest BCUT2D eigenvalue weighted by Crippen LogP contribution is 2.39. The molecule has 0 amide bonds. The number of aromatic amines is 1. The van der Waals surface area contributed by atoms with E-state index >= 15 is 0 Å². The Kier molecular flexibility index (Phi) is 5.94. The van der Waals surface area contributed by atoms with Gasteiger partial charge in [-0.15, -0.1) is 0 Å². The summed E-state index contributed by atoms with van der Waals surface area (Å²) < 4.78 is 39.2. The van der Waals surface area contributed by atoms with Crippen LogP contribution in [0.25, 0.3) is 12.2 Å². The summed E-state index contributed by atoms with van der Waals surface area (Å²) in [5.41, 5.74) is 0.795. The number of benzene rings is 1. The Morgan fingerprint density at radius 1 is 1.03 bits per heavy atom. The zero-order valence-electron chi connectivity index (χ0n) is 18.7. The van der Waals surface area contributed by atoms with Gasteiger partial charge in [0, 0.05) is 43.9 Å². The van der Waals surface area contributed by atoms with Crippen molar-refractivity contribution in [2.45, 2.75) is 24.9 Å². The van der Waals surface area contributed by atoms with E-state index in [1.165, 1.54) is 6.07 Å². The molecule has 2 fully saturated rings. The maximum absolute atomic E-state index is 13.1. The van der Waals surface area contributed by atoms with Crippen LogP contribution in [0.1, 0.15) is 41.4 Å². The van der Waals surface area contributed by atoms with Gasteiger partial charge in [0.1, 0.15) is 0 Å². The summed E-state index contributed by atoms with van der Waals surface area (Å²) in [4.78, 5) is 17.9. The molecule has 0 atom stereocenters. The maximum Gasteiger partial charge on any atom is 0.416 e. The van der Waals surface area contributed by atoms with Crippen LogP contribution in [0, 0.1) is 0 Å². The highest BCUT2D eigenvalue weighted by atomic mass is 19.4. The fraction of sp³-hybridized carbons (Fsp3) is 0.391. The van der Waals surface area contributed by atoms with Gasteiger partial charge in [-0.1, -0.05) is 18.2 Å². The predicted octanol–water partition coefficient (Wildman–Crippen LogP) is 4.16. The van der Waals surface area contributed by atoms with Gasteiger partial charge in [-0.2, -0.15) is 33.2 Å². The SMILES string of the molecule is CN1CCN(c2nc(/C=C/c3cccc(C(F)(F)F)c3)nc(Nc3cc(C4CC4)[nH]n3)n2)CC1. The Balaban J connectivity index is 1.42. The Bertz CT molecular complexity index is 1180. The molecule has 0 spiro atoms. The lowest BCUT2D eigenvalue weighted by atomic mass is 10.1. The number of rotatable bonds is 6. The molecule has 34 heavy (non-hydrogen) atoms. The maximum atomic E-state index is 13.1. The first kappa shape index (κ1) is 22.3. The van der Waals surface area contributed by atoms with Crippen molar-refractivity contribution in [3.8, 4) is 0 Å². The number of anilines is 3. The van der Waals surface area contributed by atoms with Gasteiger partial charge in [0.25, 0.3) is 0 Å². The fourth-order valence-electron chi connectivity index (χ4n) is 3.77. The Hall–Kier alpha value is -3.47. The number of nitrogens with zero attached hydrogens (tertiary/aromatic N) is 6. The van der Waals surface area contributed by atoms with Crippen molar-refractivity contribution in [2.75, 3.05) is 43.4 Å². The van der Waals surface area contributed by atoms with Crippen molar-refractivity contribution in [3.63, 3.8) is 0 Å². The van der Waals surface area contributed by atoms with Crippen LogP contribution in [-0.4, -0.2) is 63.3 Å². The molecule has 2 N–H and O–H groups in total. The van der Waals surface area contributed by atoms with Crippen LogP contribution in [0.5, 0.6) is 0 Å². The molecular weight excluding hydrogens is 445 g/mol. The van der Waals surface area contributed by atoms with Crippen molar-refractivity contribution >= 4 is 29.9 Å². The van der Waals surface area contributed by atoms with Gasteiger partial charge in [-0.3, -0.25) is 5.10 Å². The zero-order chi connectivity index (χ0) is 23.7. The van der Waals surface area contributed by atoms with Crippen LogP contribution >= 0.6 is 0 Å². The van der Waals surface area contributed by atoms with Gasteiger partial charge < -0.3 is 15.1 Å². The van der Waals surface area contributed by atoms with Gasteiger partial charge >= 0.3 is 6.18 Å². The molecule has 178 valence electrons. The van der Waals surface area contributed by atoms with E-state index in [4.69, 9.17) is 0 Å². The van der Waals surface area contributed by atoms with E-state index < -0.39 is 11.7 Å². The van der Waals surface area contributed by atoms with E-state index in [0.29, 0.717) is 35.0 Å². The van der Waals surface area contributed by atoms with Gasteiger partial charge in [-0.05, 0) is 43.7 Å². The van der Waals surface area contributed by atoms with Crippen LogP contribution < -0.4 is 10.2 Å². The second-order valence-corrected chi connectivity index (χ2v) is 8.67. The normalized spacial score (nSPS) is 17.5. The number of likely N-dealkylation sites (N-methyl/N-ethyl adjacent to an activating group) is 1. The number of hydrogen-bond acceptors (Lipinski definition) is 7. The summed E-state index contributed by atoms with van der Waals surface area (Å²) >= 11 is 0. The summed E-state index contributed by atoms with van der Waals surface area (Å²) in [5, 5.41) is 10.5. The third-order valence-electron chi connectivity index (χ3n) is 5.92. The molecule has 3 aromatic rings. The standard InChI is InChI=1S/C23H25F3N8/c1-33-9-11-34(12-10-33)22-29-19(8-5-15-3-2-4-17(13-15)23(24,25)26)27-21(30-22)28-20-14-18(31-32-20)16-6-7-16/h2-5,8,13-14,16H,6-7,9-12H2,1H3,(H2,27,28,29,30,31,32)/b8-5+. The van der Waals surface area contributed by atoms with E-state index in [2.05, 4.69) is 47.3 Å². The van der Waals surface area contributed by atoms with E-state index in [9.17, 15) is 13.2 Å². The Morgan fingerprint density at radius 2 is 1.82 bits per heavy atom. The highest BCUT2D eigenvalue weighted by Gasteiger charge is 2.30. The second-order valence-electron chi connectivity index (χ2n) is 8.67. The number of alkyl halides is 3. The van der Waals surface area contributed by atoms with E-state index in [-0.39, 0.29) is 0 Å². The van der Waals surface area contributed by atoms with Crippen LogP contribution in [0.3, 0.4) is 0 Å². The Morgan fingerprint density at radius 3 is 2.56 bits per heavy atom. The number of hydrogen-bond donors (Lipinski definition) is 2. The van der Waals surface area contributed by atoms with Crippen molar-refractivity contribution in [1.82, 2.24) is 30.0 Å². The molecule has 1 saturated carbocycles. The molecule has 0 unspecified atom stereocenters. The number of aromatic nitrogens is 5. The minimum atomic E-state index is -4.40. The van der Waals surface area contributed by atoms with Crippen LogP contribution in [0.15, 0.2) is 30.3 Å². The van der Waals surface area contributed by atoms with Gasteiger partial charge in [0.2, 0.25) is 11.9 Å². The molecule has 11 heteroatoms. The molecule has 2 aliphatic rings. The number of halogens is 3. The molecule has 8 nitrogen and oxygen atoms in total. The third-order valence-corrected chi connectivity index (χ3v) is 5.92. The smallest absolute Gasteiger partial charge is 0.338 e. The third kappa shape index (κ3) is 5.36. The Labute approximate surface area is 194 Å². The van der Waals surface area contributed by atoms with E-state index in [1.54, 1.807) is 18.2 Å². The lowest BCUT2D eigenvalue weighted by Gasteiger charge is -2.32. The summed E-state index contributed by atoms with van der Waals surface area (Å²) in [6.45, 7) is 3.30. The average molecular weight is 471 g/mol. The van der Waals surface area contributed by atoms with E-state index in [1.807, 2.05) is 6.07 Å². The van der Waals surface area contributed by atoms with Crippen LogP contribution in [0.4, 0.5) is 30.9 Å². The molecule has 0 radical (unpaired) electrons. The molecule has 1 aromatic carbocycles. The van der Waals surface area contributed by atoms with Crippen molar-refractivity contribution in [1.29, 1.82) is 0 Å². The van der Waals surface area contributed by atoms with Gasteiger partial charge in [0.15, 0.2) is 11.6 Å². The second kappa shape index (κ2) is 9.05. The van der Waals surface area contributed by atoms with Crippen molar-refractivity contribution in [3.05, 3.63) is 53.0 Å². The average Bonchev–Trinajstić information content (AvgIpc) is 3.57. The summed E-state index contributed by atoms with van der Waals surface area (Å²) in [5.74, 6) is 2.36. The van der Waals surface area contributed by atoms with E-state index in [0.717, 1.165) is 56.8 Å². The predicted molar refractivity (Wildman–Crippen MR) is 124 cm³/mol. The highest BCUT2D eigenvalue weighted by molar-refractivity contribution is 5.68. The lowest BCUT2D eigenvalue weighted by Crippen LogP contribution is -2.45. The quantitative estimate of drug-likeness (QED) is 0.560. The number of piperazine rings is 1. The largest absolute Gasteiger partial charge is 0.416 e. The monoisotopic (exact) mass is 470 g/mol. The summed E-state index contributed by atoms with van der Waals surface area (Å²) in [6, 6.07) is 7.09. The molecule has 1 aliphatic heterocycles. The topological polar surface area (TPSA) is 85.9 Å². The molecular formula is C23H25F3N8. The van der Waals surface area contributed by atoms with Crippen molar-refractivity contribution < 1.29 is 13.2 Å². The minimum absolute atomic E-state index is 0.335. The lowest BCUT2D eigenvalue weighted by molar-refractivity contribution is -0.137. The number of H-pyrrole nitrogens is 1. The molecule has 0 bridgehead atoms. The fourth-order valence-corrected chi connectivity index (χ4v) is 3.77. The van der Waals surface area contributed by atoms with Crippen LogP contribution in [0.2, 0.25) is 0 Å². The molecule has 5 rings (SSSR count). The van der Waals surface area contributed by atoms with Crippen molar-refractivity contribution in [2.24, 2.45) is 0 Å². The summed E-state index contributed by atoms with van der Waals surface area (Å²) in [6.07, 6.45) is 1.09. The number of nitrogens with one attached hydrogen (secondary N) is 2. The van der Waals surface area contributed by atoms with Crippen LogP contribution in [-0.2, 0) is 6.18 Å². The van der Waals surface area contributed by atoms with Gasteiger partial charge in [0.05, 0.1) is 5.56 Å². The first-order valence-electron chi connectivity index (χ1n) is 11.2. The summed E-state index contributed by atoms with van der Waals surface area (Å²) in [7, 11) is 2.07. The first-order valence-corrected chi connectivity index (χ1v) is 11.2. The molecule has 2 aromatic heterocycles. The molecule has 1 aliphatic carbocycles. The minimum Gasteiger partial charge on any atom is -0.338 e. The van der Waals surface area contributed by atoms with Gasteiger partial charge in [-0.25, -0.2) is 0 Å². The first-order chi connectivity index (χ1) is 16.3.